The molecular formula is C12H10ClNO2. The predicted octanol–water partition coefficient (Wildman–Crippen LogP) is 2.69. The van der Waals surface area contributed by atoms with Crippen molar-refractivity contribution in [2.24, 2.45) is 0 Å². The molecule has 0 spiro atoms. The zero-order valence-electron chi connectivity index (χ0n) is 8.93. The second kappa shape index (κ2) is 3.76. The van der Waals surface area contributed by atoms with Crippen LogP contribution in [-0.2, 0) is 0 Å². The van der Waals surface area contributed by atoms with Gasteiger partial charge in [0.05, 0.1) is 11.1 Å². The SMILES string of the molecule is CC(=O)c1cc2cc(Cl)cc(C)c2[nH]c1=O. The molecule has 0 aliphatic rings. The van der Waals surface area contributed by atoms with Crippen molar-refractivity contribution in [3.8, 4) is 0 Å². The van der Waals surface area contributed by atoms with Crippen molar-refractivity contribution in [1.29, 1.82) is 0 Å². The van der Waals surface area contributed by atoms with E-state index >= 15 is 0 Å². The fourth-order valence-electron chi connectivity index (χ4n) is 1.72. The molecule has 1 aromatic heterocycles. The number of halogens is 1. The van der Waals surface area contributed by atoms with E-state index in [1.807, 2.05) is 6.92 Å². The highest BCUT2D eigenvalue weighted by atomic mass is 35.5. The number of Topliss-reactive ketones (excluding diaryl/α,β-unsaturated/α-hetero) is 1. The van der Waals surface area contributed by atoms with Crippen LogP contribution in [0.3, 0.4) is 0 Å². The molecule has 0 saturated heterocycles. The van der Waals surface area contributed by atoms with Crippen molar-refractivity contribution >= 4 is 28.3 Å². The lowest BCUT2D eigenvalue weighted by molar-refractivity contribution is 0.101. The summed E-state index contributed by atoms with van der Waals surface area (Å²) in [5.74, 6) is -0.249. The minimum absolute atomic E-state index is 0.161. The average Bonchev–Trinajstić information content (AvgIpc) is 2.18. The summed E-state index contributed by atoms with van der Waals surface area (Å²) in [6.07, 6.45) is 0. The fourth-order valence-corrected chi connectivity index (χ4v) is 2.00. The number of pyridine rings is 1. The van der Waals surface area contributed by atoms with E-state index in [0.29, 0.717) is 5.02 Å². The number of fused-ring (bicyclic) bond motifs is 1. The molecule has 0 bridgehead atoms. The van der Waals surface area contributed by atoms with Gasteiger partial charge in [-0.05, 0) is 37.6 Å². The van der Waals surface area contributed by atoms with Crippen LogP contribution in [0, 0.1) is 6.92 Å². The molecule has 16 heavy (non-hydrogen) atoms. The number of rotatable bonds is 1. The van der Waals surface area contributed by atoms with Crippen molar-refractivity contribution in [1.82, 2.24) is 4.98 Å². The Kier molecular flexibility index (Phi) is 2.56. The Hall–Kier alpha value is -1.61. The van der Waals surface area contributed by atoms with Crippen molar-refractivity contribution in [2.75, 3.05) is 0 Å². The summed E-state index contributed by atoms with van der Waals surface area (Å²) in [7, 11) is 0. The number of hydrogen-bond acceptors (Lipinski definition) is 2. The van der Waals surface area contributed by atoms with E-state index in [1.54, 1.807) is 18.2 Å². The number of ketones is 1. The predicted molar refractivity (Wildman–Crippen MR) is 64.3 cm³/mol. The third-order valence-electron chi connectivity index (χ3n) is 2.49. The monoisotopic (exact) mass is 235 g/mol. The second-order valence-electron chi connectivity index (χ2n) is 3.76. The summed E-state index contributed by atoms with van der Waals surface area (Å²) in [6, 6.07) is 5.08. The molecule has 0 amide bonds. The van der Waals surface area contributed by atoms with E-state index in [1.165, 1.54) is 6.92 Å². The number of nitrogens with one attached hydrogen (secondary N) is 1. The molecule has 1 aromatic carbocycles. The lowest BCUT2D eigenvalue weighted by Crippen LogP contribution is -2.15. The van der Waals surface area contributed by atoms with Crippen LogP contribution >= 0.6 is 11.6 Å². The molecule has 2 rings (SSSR count). The Morgan fingerprint density at radius 1 is 1.31 bits per heavy atom. The number of benzene rings is 1. The third-order valence-corrected chi connectivity index (χ3v) is 2.71. The van der Waals surface area contributed by atoms with Crippen LogP contribution in [0.5, 0.6) is 0 Å². The second-order valence-corrected chi connectivity index (χ2v) is 4.19. The molecule has 4 heteroatoms. The van der Waals surface area contributed by atoms with Crippen LogP contribution in [0.1, 0.15) is 22.8 Å². The maximum absolute atomic E-state index is 11.6. The van der Waals surface area contributed by atoms with Gasteiger partial charge in [0.15, 0.2) is 5.78 Å². The van der Waals surface area contributed by atoms with Crippen molar-refractivity contribution in [3.05, 3.63) is 44.7 Å². The number of hydrogen-bond donors (Lipinski definition) is 1. The van der Waals surface area contributed by atoms with Gasteiger partial charge in [0.25, 0.3) is 5.56 Å². The van der Waals surface area contributed by atoms with Gasteiger partial charge in [0.2, 0.25) is 0 Å². The molecule has 1 N–H and O–H groups in total. The van der Waals surface area contributed by atoms with Gasteiger partial charge in [0.1, 0.15) is 0 Å². The molecule has 1 heterocycles. The first-order chi connectivity index (χ1) is 7.49. The van der Waals surface area contributed by atoms with E-state index < -0.39 is 0 Å². The summed E-state index contributed by atoms with van der Waals surface area (Å²) in [5, 5.41) is 1.36. The Labute approximate surface area is 97.1 Å². The van der Waals surface area contributed by atoms with Gasteiger partial charge in [-0.15, -0.1) is 0 Å². The summed E-state index contributed by atoms with van der Waals surface area (Å²) in [4.78, 5) is 25.5. The number of aryl methyl sites for hydroxylation is 1. The number of carbonyl (C=O) groups is 1. The van der Waals surface area contributed by atoms with Crippen LogP contribution < -0.4 is 5.56 Å². The molecule has 0 radical (unpaired) electrons. The molecular weight excluding hydrogens is 226 g/mol. The van der Waals surface area contributed by atoms with E-state index in [2.05, 4.69) is 4.98 Å². The minimum Gasteiger partial charge on any atom is -0.321 e. The zero-order chi connectivity index (χ0) is 11.9. The van der Waals surface area contributed by atoms with Crippen LogP contribution in [0.15, 0.2) is 23.0 Å². The molecule has 0 aliphatic heterocycles. The third kappa shape index (κ3) is 1.74. The number of aromatic nitrogens is 1. The topological polar surface area (TPSA) is 49.9 Å². The Morgan fingerprint density at radius 3 is 2.62 bits per heavy atom. The number of carbonyl (C=O) groups excluding carboxylic acids is 1. The molecule has 0 atom stereocenters. The minimum atomic E-state index is -0.356. The summed E-state index contributed by atoms with van der Waals surface area (Å²) < 4.78 is 0. The van der Waals surface area contributed by atoms with Crippen LogP contribution in [0.25, 0.3) is 10.9 Å². The van der Waals surface area contributed by atoms with Gasteiger partial charge in [-0.25, -0.2) is 0 Å². The van der Waals surface area contributed by atoms with Gasteiger partial charge >= 0.3 is 0 Å². The quantitative estimate of drug-likeness (QED) is 0.773. The summed E-state index contributed by atoms with van der Waals surface area (Å²) >= 11 is 5.92. The van der Waals surface area contributed by atoms with E-state index in [0.717, 1.165) is 16.5 Å². The van der Waals surface area contributed by atoms with E-state index in [9.17, 15) is 9.59 Å². The first-order valence-electron chi connectivity index (χ1n) is 4.83. The summed E-state index contributed by atoms with van der Waals surface area (Å²) in [5.41, 5.74) is 1.41. The van der Waals surface area contributed by atoms with Gasteiger partial charge in [-0.2, -0.15) is 0 Å². The van der Waals surface area contributed by atoms with Gasteiger partial charge < -0.3 is 4.98 Å². The lowest BCUT2D eigenvalue weighted by atomic mass is 10.1. The van der Waals surface area contributed by atoms with Crippen molar-refractivity contribution in [3.63, 3.8) is 0 Å². The Bertz CT molecular complexity index is 643. The highest BCUT2D eigenvalue weighted by Crippen LogP contribution is 2.21. The first-order valence-corrected chi connectivity index (χ1v) is 5.21. The van der Waals surface area contributed by atoms with Gasteiger partial charge in [-0.3, -0.25) is 9.59 Å². The van der Waals surface area contributed by atoms with Crippen LogP contribution in [0.2, 0.25) is 5.02 Å². The largest absolute Gasteiger partial charge is 0.321 e. The maximum Gasteiger partial charge on any atom is 0.259 e. The highest BCUT2D eigenvalue weighted by molar-refractivity contribution is 6.31. The number of aromatic amines is 1. The van der Waals surface area contributed by atoms with Gasteiger partial charge in [-0.1, -0.05) is 11.6 Å². The molecule has 3 nitrogen and oxygen atoms in total. The Morgan fingerprint density at radius 2 is 2.00 bits per heavy atom. The van der Waals surface area contributed by atoms with E-state index in [4.69, 9.17) is 11.6 Å². The molecule has 0 fully saturated rings. The standard InChI is InChI=1S/C12H10ClNO2/c1-6-3-9(13)4-8-5-10(7(2)15)12(16)14-11(6)8/h3-5H,1-2H3,(H,14,16). The zero-order valence-corrected chi connectivity index (χ0v) is 9.68. The molecule has 2 aromatic rings. The average molecular weight is 236 g/mol. The molecule has 0 unspecified atom stereocenters. The molecule has 82 valence electrons. The number of H-pyrrole nitrogens is 1. The maximum atomic E-state index is 11.6. The Balaban J connectivity index is 2.90. The normalized spacial score (nSPS) is 10.7. The smallest absolute Gasteiger partial charge is 0.259 e. The fraction of sp³-hybridized carbons (Fsp3) is 0.167. The van der Waals surface area contributed by atoms with Crippen molar-refractivity contribution in [2.45, 2.75) is 13.8 Å². The summed E-state index contributed by atoms with van der Waals surface area (Å²) in [6.45, 7) is 3.23. The molecule has 0 saturated carbocycles. The van der Waals surface area contributed by atoms with Crippen molar-refractivity contribution < 1.29 is 4.79 Å². The van der Waals surface area contributed by atoms with Crippen LogP contribution in [0.4, 0.5) is 0 Å². The highest BCUT2D eigenvalue weighted by Gasteiger charge is 2.08. The van der Waals surface area contributed by atoms with E-state index in [-0.39, 0.29) is 16.9 Å². The van der Waals surface area contributed by atoms with Gasteiger partial charge in [0, 0.05) is 10.4 Å². The van der Waals surface area contributed by atoms with Crippen LogP contribution in [-0.4, -0.2) is 10.8 Å². The molecule has 0 aliphatic carbocycles. The first kappa shape index (κ1) is 10.9. The lowest BCUT2D eigenvalue weighted by Gasteiger charge is -2.04.